The molecular formula is C31H23N7OS. The molecule has 8 nitrogen and oxygen atoms in total. The predicted molar refractivity (Wildman–Crippen MR) is 159 cm³/mol. The molecule has 0 radical (unpaired) electrons. The van der Waals surface area contributed by atoms with Crippen molar-refractivity contribution in [3.63, 3.8) is 0 Å². The van der Waals surface area contributed by atoms with E-state index in [9.17, 15) is 0 Å². The number of hydrogen-bond donors (Lipinski definition) is 1. The smallest absolute Gasteiger partial charge is 0.161 e. The van der Waals surface area contributed by atoms with Gasteiger partial charge in [-0.15, -0.1) is 21.5 Å². The number of anilines is 2. The third-order valence-electron chi connectivity index (χ3n) is 6.63. The van der Waals surface area contributed by atoms with E-state index in [1.165, 1.54) is 0 Å². The maximum atomic E-state index is 6.29. The zero-order valence-electron chi connectivity index (χ0n) is 21.7. The lowest BCUT2D eigenvalue weighted by Gasteiger charge is -2.12. The van der Waals surface area contributed by atoms with E-state index < -0.39 is 0 Å². The number of benzene rings is 2. The van der Waals surface area contributed by atoms with Gasteiger partial charge >= 0.3 is 0 Å². The zero-order valence-corrected chi connectivity index (χ0v) is 22.6. The largest absolute Gasteiger partial charge is 0.456 e. The first kappa shape index (κ1) is 23.9. The van der Waals surface area contributed by atoms with Crippen LogP contribution in [0.4, 0.5) is 11.5 Å². The highest BCUT2D eigenvalue weighted by molar-refractivity contribution is 7.22. The number of imidazole rings is 1. The van der Waals surface area contributed by atoms with E-state index in [-0.39, 0.29) is 0 Å². The van der Waals surface area contributed by atoms with Gasteiger partial charge in [-0.2, -0.15) is 0 Å². The number of nitrogens with one attached hydrogen (secondary N) is 1. The molecule has 0 atom stereocenters. The molecule has 194 valence electrons. The van der Waals surface area contributed by atoms with Crippen LogP contribution in [0.1, 0.15) is 5.56 Å². The van der Waals surface area contributed by atoms with Crippen LogP contribution in [0, 0.1) is 6.92 Å². The molecule has 0 amide bonds. The standard InChI is InChI=1S/C31H23N7OS/c1-19-7-12-24(34-16-19)29-22-5-3-4-6-23(22)31(37-36-29)35-20-8-10-21(11-9-20)39-27-13-14-33-25-15-28(40-30(25)27)26-17-32-18-38(26)2/h3-18H,1-2H3,(H,35,37). The first-order chi connectivity index (χ1) is 19.6. The maximum absolute atomic E-state index is 6.29. The first-order valence-electron chi connectivity index (χ1n) is 12.7. The van der Waals surface area contributed by atoms with E-state index >= 15 is 0 Å². The van der Waals surface area contributed by atoms with Gasteiger partial charge in [0.15, 0.2) is 5.82 Å². The van der Waals surface area contributed by atoms with E-state index in [2.05, 4.69) is 36.5 Å². The second-order valence-corrected chi connectivity index (χ2v) is 10.5. The molecule has 5 aromatic heterocycles. The Balaban J connectivity index is 1.14. The summed E-state index contributed by atoms with van der Waals surface area (Å²) in [4.78, 5) is 14.4. The molecule has 0 aliphatic rings. The van der Waals surface area contributed by atoms with Crippen molar-refractivity contribution in [2.45, 2.75) is 6.92 Å². The van der Waals surface area contributed by atoms with E-state index in [4.69, 9.17) is 4.74 Å². The van der Waals surface area contributed by atoms with Gasteiger partial charge in [-0.1, -0.05) is 30.3 Å². The second kappa shape index (κ2) is 9.87. The van der Waals surface area contributed by atoms with Gasteiger partial charge in [0.25, 0.3) is 0 Å². The number of aryl methyl sites for hydroxylation is 2. The summed E-state index contributed by atoms with van der Waals surface area (Å²) in [6.07, 6.45) is 7.27. The summed E-state index contributed by atoms with van der Waals surface area (Å²) in [6.45, 7) is 2.02. The van der Waals surface area contributed by atoms with Crippen molar-refractivity contribution in [3.05, 3.63) is 103 Å². The van der Waals surface area contributed by atoms with Crippen molar-refractivity contribution in [1.29, 1.82) is 0 Å². The van der Waals surface area contributed by atoms with E-state index in [1.54, 1.807) is 23.9 Å². The van der Waals surface area contributed by atoms with Gasteiger partial charge in [-0.25, -0.2) is 4.98 Å². The Kier molecular flexibility index (Phi) is 5.90. The van der Waals surface area contributed by atoms with Crippen LogP contribution in [0.25, 0.3) is 42.9 Å². The normalized spacial score (nSPS) is 11.2. The van der Waals surface area contributed by atoms with Crippen molar-refractivity contribution in [2.75, 3.05) is 5.32 Å². The Morgan fingerprint density at radius 1 is 0.875 bits per heavy atom. The van der Waals surface area contributed by atoms with Crippen molar-refractivity contribution < 1.29 is 4.74 Å². The average Bonchev–Trinajstić information content (AvgIpc) is 3.61. The lowest BCUT2D eigenvalue weighted by Crippen LogP contribution is -2.00. The molecule has 0 bridgehead atoms. The van der Waals surface area contributed by atoms with Crippen LogP contribution in [-0.4, -0.2) is 29.7 Å². The summed E-state index contributed by atoms with van der Waals surface area (Å²) in [5.74, 6) is 2.17. The highest BCUT2D eigenvalue weighted by Crippen LogP contribution is 2.39. The predicted octanol–water partition coefficient (Wildman–Crippen LogP) is 7.55. The zero-order chi connectivity index (χ0) is 27.1. The average molecular weight is 542 g/mol. The third kappa shape index (κ3) is 4.42. The highest BCUT2D eigenvalue weighted by Gasteiger charge is 2.14. The fraction of sp³-hybridized carbons (Fsp3) is 0.0645. The number of hydrogen-bond acceptors (Lipinski definition) is 8. The molecule has 0 aliphatic heterocycles. The van der Waals surface area contributed by atoms with Gasteiger partial charge in [-0.3, -0.25) is 9.97 Å². The molecule has 5 heterocycles. The molecule has 0 fully saturated rings. The third-order valence-corrected chi connectivity index (χ3v) is 7.79. The number of ether oxygens (including phenoxy) is 1. The SMILES string of the molecule is Cc1ccc(-c2nnc(Nc3ccc(Oc4ccnc5cc(-c6cncn6C)sc45)cc3)c3ccccc23)nc1. The first-order valence-corrected chi connectivity index (χ1v) is 13.5. The van der Waals surface area contributed by atoms with Crippen LogP contribution in [0.3, 0.4) is 0 Å². The molecule has 0 unspecified atom stereocenters. The number of thiophene rings is 1. The van der Waals surface area contributed by atoms with Gasteiger partial charge < -0.3 is 14.6 Å². The number of rotatable bonds is 6. The highest BCUT2D eigenvalue weighted by atomic mass is 32.1. The monoisotopic (exact) mass is 541 g/mol. The van der Waals surface area contributed by atoms with Gasteiger partial charge in [0, 0.05) is 42.0 Å². The fourth-order valence-electron chi connectivity index (χ4n) is 4.58. The Labute approximate surface area is 234 Å². The van der Waals surface area contributed by atoms with E-state index in [0.717, 1.165) is 65.7 Å². The van der Waals surface area contributed by atoms with Crippen LogP contribution in [-0.2, 0) is 7.05 Å². The summed E-state index contributed by atoms with van der Waals surface area (Å²) in [6, 6.07) is 23.9. The lowest BCUT2D eigenvalue weighted by molar-refractivity contribution is 0.489. The summed E-state index contributed by atoms with van der Waals surface area (Å²) in [5, 5.41) is 14.4. The van der Waals surface area contributed by atoms with Crippen molar-refractivity contribution >= 4 is 43.8 Å². The van der Waals surface area contributed by atoms with Crippen LogP contribution < -0.4 is 10.1 Å². The molecule has 2 aromatic carbocycles. The molecule has 0 spiro atoms. The van der Waals surface area contributed by atoms with E-state index in [1.807, 2.05) is 97.7 Å². The minimum absolute atomic E-state index is 0.678. The second-order valence-electron chi connectivity index (χ2n) is 9.44. The molecule has 7 aromatic rings. The van der Waals surface area contributed by atoms with Crippen molar-refractivity contribution in [1.82, 2.24) is 29.7 Å². The number of fused-ring (bicyclic) bond motifs is 2. The molecule has 0 saturated carbocycles. The van der Waals surface area contributed by atoms with Crippen molar-refractivity contribution in [3.8, 4) is 33.5 Å². The van der Waals surface area contributed by atoms with E-state index in [0.29, 0.717) is 5.82 Å². The number of aromatic nitrogens is 6. The molecule has 9 heteroatoms. The minimum Gasteiger partial charge on any atom is -0.456 e. The van der Waals surface area contributed by atoms with Crippen molar-refractivity contribution in [2.24, 2.45) is 7.05 Å². The van der Waals surface area contributed by atoms with Crippen LogP contribution in [0.5, 0.6) is 11.5 Å². The lowest BCUT2D eigenvalue weighted by atomic mass is 10.1. The molecule has 1 N–H and O–H groups in total. The molecule has 0 saturated heterocycles. The summed E-state index contributed by atoms with van der Waals surface area (Å²) in [5.41, 5.74) is 5.47. The Bertz CT molecular complexity index is 1980. The Morgan fingerprint density at radius 3 is 2.50 bits per heavy atom. The summed E-state index contributed by atoms with van der Waals surface area (Å²) >= 11 is 1.64. The van der Waals surface area contributed by atoms with Crippen LogP contribution in [0.2, 0.25) is 0 Å². The van der Waals surface area contributed by atoms with Gasteiger partial charge in [0.1, 0.15) is 17.2 Å². The summed E-state index contributed by atoms with van der Waals surface area (Å²) in [7, 11) is 1.98. The fourth-order valence-corrected chi connectivity index (χ4v) is 5.70. The topological polar surface area (TPSA) is 90.6 Å². The Hall–Kier alpha value is -5.15. The number of pyridine rings is 2. The van der Waals surface area contributed by atoms with Gasteiger partial charge in [0.05, 0.1) is 39.0 Å². The molecule has 40 heavy (non-hydrogen) atoms. The van der Waals surface area contributed by atoms with Gasteiger partial charge in [-0.05, 0) is 48.9 Å². The molecule has 7 rings (SSSR count). The maximum Gasteiger partial charge on any atom is 0.161 e. The van der Waals surface area contributed by atoms with Crippen LogP contribution in [0.15, 0.2) is 97.7 Å². The quantitative estimate of drug-likeness (QED) is 0.232. The molecular weight excluding hydrogens is 518 g/mol. The summed E-state index contributed by atoms with van der Waals surface area (Å²) < 4.78 is 9.28. The van der Waals surface area contributed by atoms with Gasteiger partial charge in [0.2, 0.25) is 0 Å². The number of nitrogens with zero attached hydrogens (tertiary/aromatic N) is 6. The van der Waals surface area contributed by atoms with Crippen LogP contribution >= 0.6 is 11.3 Å². The molecule has 0 aliphatic carbocycles. The Morgan fingerprint density at radius 2 is 1.73 bits per heavy atom. The minimum atomic E-state index is 0.678.